The maximum atomic E-state index is 13.2. The number of piperidine rings is 2. The Morgan fingerprint density at radius 2 is 1.82 bits per heavy atom. The van der Waals surface area contributed by atoms with Gasteiger partial charge in [-0.3, -0.25) is 24.6 Å². The van der Waals surface area contributed by atoms with Crippen LogP contribution in [0.4, 0.5) is 5.69 Å². The first-order valence-electron chi connectivity index (χ1n) is 12.3. The molecule has 3 heterocycles. The zero-order valence-electron chi connectivity index (χ0n) is 19.7. The van der Waals surface area contributed by atoms with Gasteiger partial charge < -0.3 is 15.0 Å². The summed E-state index contributed by atoms with van der Waals surface area (Å²) in [7, 11) is 0. The molecule has 2 aliphatic heterocycles. The number of nitrogens with one attached hydrogen (secondary N) is 1. The van der Waals surface area contributed by atoms with Crippen LogP contribution in [0.25, 0.3) is 10.9 Å². The molecule has 1 amide bonds. The van der Waals surface area contributed by atoms with Crippen molar-refractivity contribution in [3.05, 3.63) is 44.2 Å². The number of hydrogen-bond donors (Lipinski definition) is 2. The minimum absolute atomic E-state index is 0.118. The van der Waals surface area contributed by atoms with Crippen LogP contribution in [0.15, 0.2) is 23.0 Å². The Morgan fingerprint density at radius 1 is 1.18 bits per heavy atom. The first-order valence-corrected chi connectivity index (χ1v) is 12.3. The van der Waals surface area contributed by atoms with Crippen LogP contribution in [-0.4, -0.2) is 50.6 Å². The molecule has 9 heteroatoms. The molecule has 182 valence electrons. The Labute approximate surface area is 197 Å². The van der Waals surface area contributed by atoms with Crippen molar-refractivity contribution in [3.63, 3.8) is 0 Å². The monoisotopic (exact) mass is 468 g/mol. The summed E-state index contributed by atoms with van der Waals surface area (Å²) < 4.78 is 1.40. The molecule has 4 bridgehead atoms. The minimum atomic E-state index is -0.648. The topological polar surface area (TPSA) is 118 Å². The number of nitro groups is 1. The third-order valence-corrected chi connectivity index (χ3v) is 8.02. The van der Waals surface area contributed by atoms with Gasteiger partial charge in [0.05, 0.1) is 10.4 Å². The Bertz CT molecular complexity index is 1180. The number of fused-ring (bicyclic) bond motifs is 1. The lowest BCUT2D eigenvalue weighted by atomic mass is 9.63. The molecular weight excluding hydrogens is 436 g/mol. The molecule has 9 nitrogen and oxygen atoms in total. The summed E-state index contributed by atoms with van der Waals surface area (Å²) in [6.45, 7) is 4.90. The normalized spacial score (nSPS) is 25.9. The second-order valence-corrected chi connectivity index (χ2v) is 10.5. The lowest BCUT2D eigenvalue weighted by Crippen LogP contribution is -2.58. The van der Waals surface area contributed by atoms with E-state index in [0.29, 0.717) is 24.1 Å². The second kappa shape index (κ2) is 8.69. The maximum absolute atomic E-state index is 13.2. The Balaban J connectivity index is 1.32. The van der Waals surface area contributed by atoms with E-state index in [9.17, 15) is 24.8 Å². The van der Waals surface area contributed by atoms with Gasteiger partial charge in [0.2, 0.25) is 0 Å². The van der Waals surface area contributed by atoms with Gasteiger partial charge in [-0.15, -0.1) is 0 Å². The van der Waals surface area contributed by atoms with Crippen molar-refractivity contribution in [1.82, 2.24) is 14.8 Å². The molecule has 0 spiro atoms. The van der Waals surface area contributed by atoms with Gasteiger partial charge in [0.25, 0.3) is 17.2 Å². The van der Waals surface area contributed by atoms with E-state index in [-0.39, 0.29) is 22.7 Å². The first-order chi connectivity index (χ1) is 16.2. The van der Waals surface area contributed by atoms with Gasteiger partial charge in [0.1, 0.15) is 11.3 Å². The predicted molar refractivity (Wildman–Crippen MR) is 128 cm³/mol. The van der Waals surface area contributed by atoms with Crippen molar-refractivity contribution in [2.75, 3.05) is 13.1 Å². The molecule has 0 atom stereocenters. The highest BCUT2D eigenvalue weighted by atomic mass is 16.6. The van der Waals surface area contributed by atoms with Gasteiger partial charge in [-0.25, -0.2) is 0 Å². The van der Waals surface area contributed by atoms with Gasteiger partial charge in [0, 0.05) is 48.7 Å². The van der Waals surface area contributed by atoms with Crippen LogP contribution in [0.2, 0.25) is 0 Å². The fourth-order valence-electron chi connectivity index (χ4n) is 6.76. The number of aromatic nitrogens is 1. The summed E-state index contributed by atoms with van der Waals surface area (Å²) in [5.74, 6) is 0.634. The molecule has 2 N–H and O–H groups in total. The van der Waals surface area contributed by atoms with E-state index in [1.807, 2.05) is 0 Å². The summed E-state index contributed by atoms with van der Waals surface area (Å²) in [6.07, 6.45) is 7.36. The number of carbonyl (C=O) groups excluding carboxylic acids is 1. The summed E-state index contributed by atoms with van der Waals surface area (Å²) in [5, 5.41) is 25.0. The first kappa shape index (κ1) is 22.8. The fraction of sp³-hybridized carbons (Fsp3) is 0.600. The van der Waals surface area contributed by atoms with E-state index < -0.39 is 22.1 Å². The molecule has 1 aromatic carbocycles. The molecule has 0 unspecified atom stereocenters. The van der Waals surface area contributed by atoms with Crippen LogP contribution in [-0.2, 0) is 0 Å². The molecule has 2 saturated carbocycles. The molecular formula is C25H32N4O5. The molecule has 2 aliphatic carbocycles. The van der Waals surface area contributed by atoms with E-state index in [4.69, 9.17) is 0 Å². The number of benzene rings is 1. The summed E-state index contributed by atoms with van der Waals surface area (Å²) in [5.41, 5.74) is -0.824. The van der Waals surface area contributed by atoms with Gasteiger partial charge in [0.15, 0.2) is 0 Å². The Hall–Kier alpha value is -2.94. The molecule has 34 heavy (non-hydrogen) atoms. The third kappa shape index (κ3) is 3.85. The van der Waals surface area contributed by atoms with Crippen LogP contribution in [0.3, 0.4) is 0 Å². The van der Waals surface area contributed by atoms with Crippen molar-refractivity contribution in [1.29, 1.82) is 0 Å². The van der Waals surface area contributed by atoms with Gasteiger partial charge >= 0.3 is 0 Å². The van der Waals surface area contributed by atoms with E-state index >= 15 is 0 Å². The number of nitro benzene ring substituents is 1. The summed E-state index contributed by atoms with van der Waals surface area (Å²) in [6, 6.07) is 4.98. The zero-order valence-corrected chi connectivity index (χ0v) is 19.7. The highest BCUT2D eigenvalue weighted by molar-refractivity contribution is 6.02. The lowest BCUT2D eigenvalue weighted by molar-refractivity contribution is -0.384. The van der Waals surface area contributed by atoms with Crippen molar-refractivity contribution in [2.45, 2.75) is 70.5 Å². The van der Waals surface area contributed by atoms with Crippen LogP contribution >= 0.6 is 0 Å². The SMILES string of the molecule is CC(C)n1c(=O)c(C(=O)NCCCN2C3CC4CC(C3)CC2C4)c(O)c2cc([N+](=O)[O-])ccc21. The van der Waals surface area contributed by atoms with E-state index in [0.717, 1.165) is 24.8 Å². The second-order valence-electron chi connectivity index (χ2n) is 10.5. The molecule has 1 aromatic heterocycles. The average Bonchev–Trinajstić information content (AvgIpc) is 2.77. The summed E-state index contributed by atoms with van der Waals surface area (Å²) in [4.78, 5) is 39.4. The molecule has 2 saturated heterocycles. The zero-order chi connectivity index (χ0) is 24.1. The van der Waals surface area contributed by atoms with Crippen molar-refractivity contribution >= 4 is 22.5 Å². The van der Waals surface area contributed by atoms with Crippen molar-refractivity contribution in [2.24, 2.45) is 11.8 Å². The average molecular weight is 469 g/mol. The number of rotatable bonds is 7. The van der Waals surface area contributed by atoms with Crippen molar-refractivity contribution < 1.29 is 14.8 Å². The lowest BCUT2D eigenvalue weighted by Gasteiger charge is -2.56. The number of amides is 1. The van der Waals surface area contributed by atoms with Crippen LogP contribution < -0.4 is 10.9 Å². The maximum Gasteiger partial charge on any atom is 0.270 e. The largest absolute Gasteiger partial charge is 0.506 e. The third-order valence-electron chi connectivity index (χ3n) is 8.02. The fourth-order valence-corrected chi connectivity index (χ4v) is 6.76. The highest BCUT2D eigenvalue weighted by Gasteiger charge is 2.46. The molecule has 0 radical (unpaired) electrons. The van der Waals surface area contributed by atoms with Crippen LogP contribution in [0.5, 0.6) is 5.75 Å². The number of nitrogens with zero attached hydrogens (tertiary/aromatic N) is 3. The van der Waals surface area contributed by atoms with Gasteiger partial charge in [-0.2, -0.15) is 0 Å². The number of pyridine rings is 1. The van der Waals surface area contributed by atoms with E-state index in [1.165, 1.54) is 54.9 Å². The Kier molecular flexibility index (Phi) is 5.83. The van der Waals surface area contributed by atoms with Crippen LogP contribution in [0, 0.1) is 22.0 Å². The number of non-ortho nitro benzene ring substituents is 1. The van der Waals surface area contributed by atoms with E-state index in [1.54, 1.807) is 13.8 Å². The molecule has 2 aromatic rings. The van der Waals surface area contributed by atoms with E-state index in [2.05, 4.69) is 10.2 Å². The molecule has 6 rings (SSSR count). The van der Waals surface area contributed by atoms with Gasteiger partial charge in [-0.1, -0.05) is 0 Å². The smallest absolute Gasteiger partial charge is 0.270 e. The van der Waals surface area contributed by atoms with Crippen LogP contribution in [0.1, 0.15) is 68.8 Å². The van der Waals surface area contributed by atoms with Gasteiger partial charge in [-0.05, 0) is 70.3 Å². The predicted octanol–water partition coefficient (Wildman–Crippen LogP) is 3.58. The number of aromatic hydroxyl groups is 1. The summed E-state index contributed by atoms with van der Waals surface area (Å²) >= 11 is 0. The molecule has 4 aliphatic rings. The Morgan fingerprint density at radius 3 is 2.41 bits per heavy atom. The number of carbonyl (C=O) groups is 1. The van der Waals surface area contributed by atoms with Crippen molar-refractivity contribution in [3.8, 4) is 5.75 Å². The highest BCUT2D eigenvalue weighted by Crippen LogP contribution is 2.49. The quantitative estimate of drug-likeness (QED) is 0.364. The molecule has 4 fully saturated rings. The minimum Gasteiger partial charge on any atom is -0.506 e. The standard InChI is InChI=1S/C25H32N4O5/c1-14(2)28-21-5-4-17(29(33)34)13-20(21)23(30)22(25(28)32)24(31)26-6-3-7-27-18-9-15-8-16(11-18)12-19(27)10-15/h4-5,13-16,18-19,30H,3,6-12H2,1-2H3,(H,26,31). The number of hydrogen-bond acceptors (Lipinski definition) is 6.